The number of oxazole rings is 1. The summed E-state index contributed by atoms with van der Waals surface area (Å²) in [5.41, 5.74) is 6.92. The van der Waals surface area contributed by atoms with E-state index in [9.17, 15) is 19.2 Å². The van der Waals surface area contributed by atoms with Gasteiger partial charge < -0.3 is 25.8 Å². The fourth-order valence-electron chi connectivity index (χ4n) is 2.80. The van der Waals surface area contributed by atoms with Crippen molar-refractivity contribution in [1.82, 2.24) is 20.6 Å². The summed E-state index contributed by atoms with van der Waals surface area (Å²) in [4.78, 5) is 51.7. The molecule has 10 heteroatoms. The SMILES string of the molecule is NC(=O)Cc1c(C(=O)NC/C=C/CNC(=O)c2coc(=O)[nH]2)[nH]c2ccccc12. The van der Waals surface area contributed by atoms with Crippen molar-refractivity contribution >= 4 is 28.6 Å². The van der Waals surface area contributed by atoms with Crippen molar-refractivity contribution in [3.63, 3.8) is 0 Å². The molecule has 150 valence electrons. The molecule has 0 radical (unpaired) electrons. The zero-order valence-electron chi connectivity index (χ0n) is 15.3. The molecule has 0 aliphatic heterocycles. The lowest BCUT2D eigenvalue weighted by Crippen LogP contribution is -2.26. The number of amides is 3. The highest BCUT2D eigenvalue weighted by molar-refractivity contribution is 6.02. The molecule has 2 aromatic heterocycles. The van der Waals surface area contributed by atoms with Crippen LogP contribution in [-0.2, 0) is 11.2 Å². The molecule has 0 spiro atoms. The van der Waals surface area contributed by atoms with Gasteiger partial charge in [0.15, 0.2) is 0 Å². The number of hydrogen-bond donors (Lipinski definition) is 5. The third-order valence-corrected chi connectivity index (χ3v) is 4.08. The molecule has 10 nitrogen and oxygen atoms in total. The first-order valence-electron chi connectivity index (χ1n) is 8.73. The van der Waals surface area contributed by atoms with Crippen LogP contribution in [0.1, 0.15) is 26.5 Å². The maximum atomic E-state index is 12.5. The van der Waals surface area contributed by atoms with E-state index in [2.05, 4.69) is 25.0 Å². The predicted molar refractivity (Wildman–Crippen MR) is 104 cm³/mol. The predicted octanol–water partition coefficient (Wildman–Crippen LogP) is 0.193. The molecule has 0 aliphatic rings. The number of benzene rings is 1. The molecule has 0 saturated carbocycles. The summed E-state index contributed by atoms with van der Waals surface area (Å²) in [6, 6.07) is 7.27. The topological polar surface area (TPSA) is 163 Å². The molecule has 0 aliphatic carbocycles. The Labute approximate surface area is 164 Å². The fourth-order valence-corrected chi connectivity index (χ4v) is 2.80. The third kappa shape index (κ3) is 4.80. The number of nitrogens with two attached hydrogens (primary N) is 1. The molecule has 0 unspecified atom stereocenters. The summed E-state index contributed by atoms with van der Waals surface area (Å²) >= 11 is 0. The van der Waals surface area contributed by atoms with Crippen LogP contribution in [0.25, 0.3) is 10.9 Å². The van der Waals surface area contributed by atoms with Crippen molar-refractivity contribution in [2.24, 2.45) is 5.73 Å². The van der Waals surface area contributed by atoms with Crippen molar-refractivity contribution in [2.75, 3.05) is 13.1 Å². The van der Waals surface area contributed by atoms with E-state index in [0.29, 0.717) is 5.56 Å². The second-order valence-corrected chi connectivity index (χ2v) is 6.12. The smallest absolute Gasteiger partial charge is 0.416 e. The first-order chi connectivity index (χ1) is 14.0. The van der Waals surface area contributed by atoms with Crippen LogP contribution in [0.3, 0.4) is 0 Å². The normalized spacial score (nSPS) is 11.0. The molecule has 6 N–H and O–H groups in total. The number of nitrogens with one attached hydrogen (secondary N) is 4. The van der Waals surface area contributed by atoms with E-state index in [1.54, 1.807) is 12.2 Å². The molecular weight excluding hydrogens is 378 g/mol. The molecular formula is C19H19N5O5. The maximum Gasteiger partial charge on any atom is 0.416 e. The van der Waals surface area contributed by atoms with E-state index >= 15 is 0 Å². The average molecular weight is 397 g/mol. The van der Waals surface area contributed by atoms with Crippen LogP contribution in [0.4, 0.5) is 0 Å². The van der Waals surface area contributed by atoms with Gasteiger partial charge in [-0.3, -0.25) is 19.4 Å². The zero-order valence-corrected chi connectivity index (χ0v) is 15.3. The van der Waals surface area contributed by atoms with E-state index in [4.69, 9.17) is 5.73 Å². The van der Waals surface area contributed by atoms with E-state index < -0.39 is 17.6 Å². The van der Waals surface area contributed by atoms with Gasteiger partial charge in [-0.2, -0.15) is 0 Å². The first-order valence-corrected chi connectivity index (χ1v) is 8.73. The molecule has 2 heterocycles. The minimum Gasteiger partial charge on any atom is -0.416 e. The minimum atomic E-state index is -0.707. The Morgan fingerprint density at radius 3 is 2.38 bits per heavy atom. The van der Waals surface area contributed by atoms with Crippen molar-refractivity contribution in [2.45, 2.75) is 6.42 Å². The highest BCUT2D eigenvalue weighted by Gasteiger charge is 2.18. The Morgan fingerprint density at radius 2 is 1.72 bits per heavy atom. The van der Waals surface area contributed by atoms with Crippen molar-refractivity contribution in [1.29, 1.82) is 0 Å². The van der Waals surface area contributed by atoms with Crippen molar-refractivity contribution in [3.8, 4) is 0 Å². The third-order valence-electron chi connectivity index (χ3n) is 4.08. The number of hydrogen-bond acceptors (Lipinski definition) is 5. The number of aromatic amines is 2. The molecule has 29 heavy (non-hydrogen) atoms. The van der Waals surface area contributed by atoms with Crippen LogP contribution in [0.15, 0.2) is 51.9 Å². The number of carbonyl (C=O) groups excluding carboxylic acids is 3. The highest BCUT2D eigenvalue weighted by Crippen LogP contribution is 2.22. The van der Waals surface area contributed by atoms with E-state index in [1.165, 1.54) is 0 Å². The molecule has 3 aromatic rings. The van der Waals surface area contributed by atoms with Gasteiger partial charge in [0.1, 0.15) is 17.7 Å². The number of para-hydroxylation sites is 1. The fraction of sp³-hybridized carbons (Fsp3) is 0.158. The number of rotatable bonds is 8. The van der Waals surface area contributed by atoms with Gasteiger partial charge in [-0.1, -0.05) is 30.4 Å². The molecule has 0 fully saturated rings. The minimum absolute atomic E-state index is 0.0255. The highest BCUT2D eigenvalue weighted by atomic mass is 16.4. The Balaban J connectivity index is 1.55. The van der Waals surface area contributed by atoms with Gasteiger partial charge in [-0.15, -0.1) is 0 Å². The van der Waals surface area contributed by atoms with Crippen molar-refractivity contribution in [3.05, 3.63) is 70.2 Å². The summed E-state index contributed by atoms with van der Waals surface area (Å²) in [5.74, 6) is -2.10. The lowest BCUT2D eigenvalue weighted by molar-refractivity contribution is -0.117. The van der Waals surface area contributed by atoms with Crippen LogP contribution in [0, 0.1) is 0 Å². The zero-order chi connectivity index (χ0) is 20.8. The van der Waals surface area contributed by atoms with Gasteiger partial charge in [0.2, 0.25) is 5.91 Å². The van der Waals surface area contributed by atoms with Gasteiger partial charge in [0, 0.05) is 24.0 Å². The Kier molecular flexibility index (Phi) is 5.93. The van der Waals surface area contributed by atoms with Gasteiger partial charge in [-0.05, 0) is 11.6 Å². The largest absolute Gasteiger partial charge is 0.416 e. The molecule has 1 aromatic carbocycles. The summed E-state index contributed by atoms with van der Waals surface area (Å²) < 4.78 is 4.48. The van der Waals surface area contributed by atoms with Crippen LogP contribution >= 0.6 is 0 Å². The van der Waals surface area contributed by atoms with Crippen LogP contribution < -0.4 is 22.1 Å². The molecule has 0 saturated heterocycles. The summed E-state index contributed by atoms with van der Waals surface area (Å²) in [5, 5.41) is 6.04. The quantitative estimate of drug-likeness (QED) is 0.342. The summed E-state index contributed by atoms with van der Waals surface area (Å²) in [6.45, 7) is 0.407. The summed E-state index contributed by atoms with van der Waals surface area (Å²) in [6.07, 6.45) is 4.29. The maximum absolute atomic E-state index is 12.5. The average Bonchev–Trinajstić information content (AvgIpc) is 3.28. The summed E-state index contributed by atoms with van der Waals surface area (Å²) in [7, 11) is 0. The molecule has 0 atom stereocenters. The van der Waals surface area contributed by atoms with E-state index in [-0.39, 0.29) is 36.8 Å². The lowest BCUT2D eigenvalue weighted by Gasteiger charge is -2.04. The van der Waals surface area contributed by atoms with Gasteiger partial charge in [0.05, 0.1) is 6.42 Å². The second kappa shape index (κ2) is 8.74. The number of fused-ring (bicyclic) bond motifs is 1. The molecule has 3 amide bonds. The number of H-pyrrole nitrogens is 2. The lowest BCUT2D eigenvalue weighted by atomic mass is 10.1. The van der Waals surface area contributed by atoms with E-state index in [1.807, 2.05) is 24.3 Å². The van der Waals surface area contributed by atoms with Crippen LogP contribution in [0.5, 0.6) is 0 Å². The van der Waals surface area contributed by atoms with Gasteiger partial charge in [-0.25, -0.2) is 4.79 Å². The van der Waals surface area contributed by atoms with Crippen molar-refractivity contribution < 1.29 is 18.8 Å². The van der Waals surface area contributed by atoms with Crippen LogP contribution in [-0.4, -0.2) is 40.8 Å². The van der Waals surface area contributed by atoms with E-state index in [0.717, 1.165) is 17.2 Å². The molecule has 3 rings (SSSR count). The van der Waals surface area contributed by atoms with Gasteiger partial charge >= 0.3 is 5.76 Å². The monoisotopic (exact) mass is 397 g/mol. The Morgan fingerprint density at radius 1 is 1.03 bits per heavy atom. The Hall–Kier alpha value is -4.08. The molecule has 0 bridgehead atoms. The first kappa shape index (κ1) is 19.7. The standard InChI is InChI=1S/C19H19N5O5/c20-15(25)9-12-11-5-1-2-6-13(11)23-16(12)18(27)22-8-4-3-7-21-17(26)14-10-29-19(28)24-14/h1-6,10,23H,7-9H2,(H2,20,25)(H,21,26)(H,22,27)(H,24,28)/b4-3+. The van der Waals surface area contributed by atoms with Gasteiger partial charge in [0.25, 0.3) is 11.8 Å². The number of aromatic nitrogens is 2. The second-order valence-electron chi connectivity index (χ2n) is 6.12. The number of primary amides is 1. The number of carbonyl (C=O) groups is 3. The Bertz CT molecular complexity index is 1140. The van der Waals surface area contributed by atoms with Crippen LogP contribution in [0.2, 0.25) is 0 Å².